The van der Waals surface area contributed by atoms with E-state index >= 15 is 0 Å². The van der Waals surface area contributed by atoms with Crippen molar-refractivity contribution in [1.29, 1.82) is 0 Å². The molecule has 4 heteroatoms. The number of fused-ring (bicyclic) bond motifs is 3. The third kappa shape index (κ3) is 2.84. The number of rotatable bonds is 4. The first-order valence-electron chi connectivity index (χ1n) is 9.67. The van der Waals surface area contributed by atoms with E-state index in [1.54, 1.807) is 14.2 Å². The molecule has 1 saturated heterocycles. The van der Waals surface area contributed by atoms with Crippen LogP contribution in [0.5, 0.6) is 11.5 Å². The summed E-state index contributed by atoms with van der Waals surface area (Å²) in [6, 6.07) is 24.6. The van der Waals surface area contributed by atoms with Crippen LogP contribution in [-0.2, 0) is 15.3 Å². The second-order valence-electron chi connectivity index (χ2n) is 7.10. The molecular formula is C25H22O4. The molecule has 0 atom stereocenters. The lowest BCUT2D eigenvalue weighted by Crippen LogP contribution is -2.29. The molecule has 0 aromatic heterocycles. The van der Waals surface area contributed by atoms with Gasteiger partial charge in [-0.1, -0.05) is 30.3 Å². The van der Waals surface area contributed by atoms with Crippen LogP contribution in [0.15, 0.2) is 72.8 Å². The Morgan fingerprint density at radius 3 is 2.03 bits per heavy atom. The van der Waals surface area contributed by atoms with Gasteiger partial charge in [0.05, 0.1) is 27.4 Å². The molecule has 0 aliphatic carbocycles. The molecule has 4 nitrogen and oxygen atoms in total. The van der Waals surface area contributed by atoms with Gasteiger partial charge in [-0.25, -0.2) is 0 Å². The molecule has 29 heavy (non-hydrogen) atoms. The van der Waals surface area contributed by atoms with Crippen LogP contribution in [-0.4, -0.2) is 27.4 Å². The minimum Gasteiger partial charge on any atom is -0.497 e. The summed E-state index contributed by atoms with van der Waals surface area (Å²) < 4.78 is 23.4. The smallest absolute Gasteiger partial charge is 0.223 e. The largest absolute Gasteiger partial charge is 0.497 e. The first-order valence-corrected chi connectivity index (χ1v) is 9.67. The van der Waals surface area contributed by atoms with Crippen molar-refractivity contribution in [2.45, 2.75) is 5.79 Å². The molecule has 0 radical (unpaired) electrons. The maximum atomic E-state index is 6.31. The van der Waals surface area contributed by atoms with Gasteiger partial charge in [-0.15, -0.1) is 0 Å². The summed E-state index contributed by atoms with van der Waals surface area (Å²) in [4.78, 5) is 0. The Morgan fingerprint density at radius 2 is 1.34 bits per heavy atom. The van der Waals surface area contributed by atoms with Gasteiger partial charge in [0.1, 0.15) is 11.5 Å². The Kier molecular flexibility index (Phi) is 4.38. The van der Waals surface area contributed by atoms with Crippen molar-refractivity contribution < 1.29 is 18.9 Å². The molecule has 146 valence electrons. The van der Waals surface area contributed by atoms with Gasteiger partial charge < -0.3 is 18.9 Å². The summed E-state index contributed by atoms with van der Waals surface area (Å²) in [5.41, 5.74) is 1.94. The highest BCUT2D eigenvalue weighted by Gasteiger charge is 2.42. The van der Waals surface area contributed by atoms with Crippen LogP contribution < -0.4 is 9.47 Å². The highest BCUT2D eigenvalue weighted by molar-refractivity contribution is 6.09. The number of methoxy groups -OCH3 is 2. The van der Waals surface area contributed by atoms with E-state index in [4.69, 9.17) is 18.9 Å². The zero-order valence-corrected chi connectivity index (χ0v) is 16.5. The van der Waals surface area contributed by atoms with Gasteiger partial charge in [0.2, 0.25) is 5.79 Å². The summed E-state index contributed by atoms with van der Waals surface area (Å²) in [5.74, 6) is 0.670. The van der Waals surface area contributed by atoms with Crippen molar-refractivity contribution in [1.82, 2.24) is 0 Å². The first-order chi connectivity index (χ1) is 14.2. The fraction of sp³-hybridized carbons (Fsp3) is 0.200. The fourth-order valence-corrected chi connectivity index (χ4v) is 4.19. The highest BCUT2D eigenvalue weighted by atomic mass is 16.7. The summed E-state index contributed by atoms with van der Waals surface area (Å²) in [6.45, 7) is 1.08. The van der Waals surface area contributed by atoms with Crippen molar-refractivity contribution in [3.63, 3.8) is 0 Å². The average molecular weight is 386 g/mol. The van der Waals surface area contributed by atoms with Crippen LogP contribution in [0.4, 0.5) is 0 Å². The van der Waals surface area contributed by atoms with Gasteiger partial charge in [0, 0.05) is 11.1 Å². The lowest BCUT2D eigenvalue weighted by Gasteiger charge is -2.30. The van der Waals surface area contributed by atoms with Crippen molar-refractivity contribution >= 4 is 21.5 Å². The molecule has 0 unspecified atom stereocenters. The summed E-state index contributed by atoms with van der Waals surface area (Å²) in [5, 5.41) is 4.54. The third-order valence-corrected chi connectivity index (χ3v) is 5.58. The lowest BCUT2D eigenvalue weighted by atomic mass is 9.89. The number of ether oxygens (including phenoxy) is 4. The van der Waals surface area contributed by atoms with Gasteiger partial charge in [-0.05, 0) is 64.0 Å². The van der Waals surface area contributed by atoms with Crippen LogP contribution in [0.3, 0.4) is 0 Å². The fourth-order valence-electron chi connectivity index (χ4n) is 4.19. The molecule has 4 aromatic rings. The molecule has 4 aromatic carbocycles. The van der Waals surface area contributed by atoms with E-state index in [1.807, 2.05) is 30.3 Å². The predicted octanol–water partition coefficient (Wildman–Crippen LogP) is 5.26. The summed E-state index contributed by atoms with van der Waals surface area (Å²) >= 11 is 0. The van der Waals surface area contributed by atoms with Crippen molar-refractivity contribution in [3.05, 3.63) is 83.9 Å². The Balaban J connectivity index is 1.82. The van der Waals surface area contributed by atoms with Crippen LogP contribution >= 0.6 is 0 Å². The van der Waals surface area contributed by atoms with Crippen LogP contribution in [0.1, 0.15) is 11.1 Å². The molecule has 1 aliphatic rings. The van der Waals surface area contributed by atoms with E-state index in [0.29, 0.717) is 13.2 Å². The molecule has 1 fully saturated rings. The van der Waals surface area contributed by atoms with E-state index in [1.165, 1.54) is 5.39 Å². The average Bonchev–Trinajstić information content (AvgIpc) is 3.29. The Labute approximate surface area is 169 Å². The van der Waals surface area contributed by atoms with Crippen molar-refractivity contribution in [3.8, 4) is 11.5 Å². The molecule has 0 N–H and O–H groups in total. The monoisotopic (exact) mass is 386 g/mol. The molecule has 0 bridgehead atoms. The van der Waals surface area contributed by atoms with Gasteiger partial charge in [0.15, 0.2) is 0 Å². The maximum Gasteiger partial charge on any atom is 0.223 e. The molecule has 0 saturated carbocycles. The van der Waals surface area contributed by atoms with Gasteiger partial charge in [-0.2, -0.15) is 0 Å². The zero-order valence-electron chi connectivity index (χ0n) is 16.5. The van der Waals surface area contributed by atoms with E-state index in [-0.39, 0.29) is 0 Å². The van der Waals surface area contributed by atoms with Gasteiger partial charge in [0.25, 0.3) is 0 Å². The standard InChI is InChI=1S/C25H22O4/c1-26-19-9-7-18(8-10-19)25(28-13-14-29-25)24-16-17-15-20(27-2)11-12-21(17)22-5-3-4-6-23(22)24/h3-12,15-16H,13-14H2,1-2H3. The summed E-state index contributed by atoms with van der Waals surface area (Å²) in [7, 11) is 3.35. The molecule has 5 rings (SSSR count). The second-order valence-corrected chi connectivity index (χ2v) is 7.10. The van der Waals surface area contributed by atoms with E-state index in [9.17, 15) is 0 Å². The molecule has 1 heterocycles. The third-order valence-electron chi connectivity index (χ3n) is 5.58. The highest BCUT2D eigenvalue weighted by Crippen LogP contribution is 2.44. The number of hydrogen-bond donors (Lipinski definition) is 0. The van der Waals surface area contributed by atoms with E-state index < -0.39 is 5.79 Å². The minimum absolute atomic E-state index is 0.538. The van der Waals surface area contributed by atoms with Crippen molar-refractivity contribution in [2.75, 3.05) is 27.4 Å². The molecule has 0 spiro atoms. The van der Waals surface area contributed by atoms with E-state index in [2.05, 4.69) is 42.5 Å². The normalized spacial score (nSPS) is 15.7. The van der Waals surface area contributed by atoms with Crippen LogP contribution in [0.2, 0.25) is 0 Å². The Bertz CT molecular complexity index is 1170. The van der Waals surface area contributed by atoms with Crippen LogP contribution in [0.25, 0.3) is 21.5 Å². The Morgan fingerprint density at radius 1 is 0.690 bits per heavy atom. The predicted molar refractivity (Wildman–Crippen MR) is 114 cm³/mol. The molecule has 1 aliphatic heterocycles. The topological polar surface area (TPSA) is 36.9 Å². The first kappa shape index (κ1) is 18.0. The Hall–Kier alpha value is -3.08. The van der Waals surface area contributed by atoms with Crippen molar-refractivity contribution in [2.24, 2.45) is 0 Å². The minimum atomic E-state index is -0.955. The zero-order chi connectivity index (χ0) is 19.8. The summed E-state index contributed by atoms with van der Waals surface area (Å²) in [6.07, 6.45) is 0. The maximum absolute atomic E-state index is 6.31. The van der Waals surface area contributed by atoms with Crippen LogP contribution in [0, 0.1) is 0 Å². The molecular weight excluding hydrogens is 364 g/mol. The SMILES string of the molecule is COc1ccc(C2(c3cc4cc(OC)ccc4c4ccccc34)OCCO2)cc1. The quantitative estimate of drug-likeness (QED) is 0.449. The number of benzene rings is 4. The number of hydrogen-bond acceptors (Lipinski definition) is 4. The second kappa shape index (κ2) is 7.07. The lowest BCUT2D eigenvalue weighted by molar-refractivity contribution is -0.128. The van der Waals surface area contributed by atoms with E-state index in [0.717, 1.165) is 38.8 Å². The molecule has 0 amide bonds. The van der Waals surface area contributed by atoms with Gasteiger partial charge in [-0.3, -0.25) is 0 Å². The van der Waals surface area contributed by atoms with Gasteiger partial charge >= 0.3 is 0 Å².